The second-order valence-electron chi connectivity index (χ2n) is 6.21. The van der Waals surface area contributed by atoms with E-state index in [9.17, 15) is 10.2 Å². The number of terminal acetylenes is 1. The Kier molecular flexibility index (Phi) is 5.08. The van der Waals surface area contributed by atoms with Gasteiger partial charge in [-0.15, -0.1) is 6.42 Å². The molecule has 25 heavy (non-hydrogen) atoms. The smallest absolute Gasteiger partial charge is 0.187 e. The van der Waals surface area contributed by atoms with Gasteiger partial charge in [-0.25, -0.2) is 0 Å². The van der Waals surface area contributed by atoms with Crippen LogP contribution in [0.25, 0.3) is 0 Å². The molecule has 1 aliphatic rings. The van der Waals surface area contributed by atoms with Crippen molar-refractivity contribution in [3.8, 4) is 12.3 Å². The van der Waals surface area contributed by atoms with Gasteiger partial charge in [0.15, 0.2) is 5.60 Å². The Hall–Kier alpha value is -2.74. The molecule has 0 bridgehead atoms. The molecule has 4 heteroatoms. The number of nitrogens with zero attached hydrogens (tertiary/aromatic N) is 2. The predicted molar refractivity (Wildman–Crippen MR) is 97.8 cm³/mol. The molecular formula is C21H22N2O2. The lowest BCUT2D eigenvalue weighted by Gasteiger charge is -2.40. The van der Waals surface area contributed by atoms with Crippen LogP contribution < -0.4 is 0 Å². The first-order chi connectivity index (χ1) is 12.2. The molecule has 1 atom stereocenters. The molecule has 1 aliphatic heterocycles. The van der Waals surface area contributed by atoms with Gasteiger partial charge in [0.25, 0.3) is 0 Å². The molecular weight excluding hydrogens is 312 g/mol. The maximum absolute atomic E-state index is 10.8. The van der Waals surface area contributed by atoms with Gasteiger partial charge in [-0.1, -0.05) is 66.6 Å². The van der Waals surface area contributed by atoms with Crippen LogP contribution in [-0.2, 0) is 13.1 Å². The first-order valence-electron chi connectivity index (χ1n) is 8.25. The Balaban J connectivity index is 1.86. The van der Waals surface area contributed by atoms with E-state index in [1.54, 1.807) is 0 Å². The van der Waals surface area contributed by atoms with Gasteiger partial charge in [0.2, 0.25) is 0 Å². The van der Waals surface area contributed by atoms with E-state index in [1.165, 1.54) is 0 Å². The van der Waals surface area contributed by atoms with Crippen LogP contribution in [-0.4, -0.2) is 38.4 Å². The summed E-state index contributed by atoms with van der Waals surface area (Å²) in [5.41, 5.74) is 0.555. The van der Waals surface area contributed by atoms with Crippen LogP contribution in [0.1, 0.15) is 11.1 Å². The van der Waals surface area contributed by atoms with Crippen LogP contribution >= 0.6 is 0 Å². The highest BCUT2D eigenvalue weighted by Crippen LogP contribution is 2.29. The average molecular weight is 334 g/mol. The lowest BCUT2D eigenvalue weighted by Crippen LogP contribution is -2.57. The lowest BCUT2D eigenvalue weighted by atomic mass is 9.99. The minimum absolute atomic E-state index is 0.508. The average Bonchev–Trinajstić information content (AvgIpc) is 3.05. The van der Waals surface area contributed by atoms with Crippen molar-refractivity contribution in [2.75, 3.05) is 6.61 Å². The minimum atomic E-state index is -1.66. The normalized spacial score (nSPS) is 16.7. The maximum atomic E-state index is 10.8. The van der Waals surface area contributed by atoms with Crippen LogP contribution in [0, 0.1) is 12.3 Å². The van der Waals surface area contributed by atoms with E-state index in [0.717, 1.165) is 11.1 Å². The third-order valence-corrected chi connectivity index (χ3v) is 4.41. The van der Waals surface area contributed by atoms with Crippen molar-refractivity contribution in [1.29, 1.82) is 0 Å². The summed E-state index contributed by atoms with van der Waals surface area (Å²) in [5, 5.41) is 20.6. The zero-order valence-corrected chi connectivity index (χ0v) is 14.0. The zero-order valence-electron chi connectivity index (χ0n) is 14.0. The summed E-state index contributed by atoms with van der Waals surface area (Å²) < 4.78 is 0. The molecule has 4 nitrogen and oxygen atoms in total. The minimum Gasteiger partial charge on any atom is -0.392 e. The molecule has 0 aliphatic carbocycles. The van der Waals surface area contributed by atoms with Crippen molar-refractivity contribution >= 4 is 0 Å². The molecule has 2 aromatic rings. The Morgan fingerprint density at radius 2 is 1.32 bits per heavy atom. The summed E-state index contributed by atoms with van der Waals surface area (Å²) >= 11 is 0. The number of hydrogen-bond acceptors (Lipinski definition) is 4. The second kappa shape index (κ2) is 7.43. The first kappa shape index (κ1) is 17.1. The molecule has 0 spiro atoms. The monoisotopic (exact) mass is 334 g/mol. The van der Waals surface area contributed by atoms with Crippen molar-refractivity contribution in [1.82, 2.24) is 9.80 Å². The Morgan fingerprint density at radius 3 is 1.68 bits per heavy atom. The molecule has 2 N–H and O–H groups in total. The molecule has 0 unspecified atom stereocenters. The van der Waals surface area contributed by atoms with E-state index < -0.39 is 18.4 Å². The van der Waals surface area contributed by atoms with E-state index >= 15 is 0 Å². The van der Waals surface area contributed by atoms with Crippen LogP contribution in [0.5, 0.6) is 0 Å². The predicted octanol–water partition coefficient (Wildman–Crippen LogP) is 2.16. The quantitative estimate of drug-likeness (QED) is 0.795. The highest BCUT2D eigenvalue weighted by Gasteiger charge is 2.43. The van der Waals surface area contributed by atoms with E-state index in [2.05, 4.69) is 5.92 Å². The Labute approximate surface area is 148 Å². The Bertz CT molecular complexity index is 703. The molecule has 0 saturated heterocycles. The van der Waals surface area contributed by atoms with Crippen LogP contribution in [0.2, 0.25) is 0 Å². The summed E-state index contributed by atoms with van der Waals surface area (Å²) in [6, 6.07) is 19.9. The molecule has 3 rings (SSSR count). The van der Waals surface area contributed by atoms with Gasteiger partial charge in [0, 0.05) is 25.5 Å². The molecule has 0 saturated carbocycles. The first-order valence-corrected chi connectivity index (χ1v) is 8.25. The third kappa shape index (κ3) is 3.69. The van der Waals surface area contributed by atoms with Crippen molar-refractivity contribution in [3.63, 3.8) is 0 Å². The molecule has 0 fully saturated rings. The topological polar surface area (TPSA) is 46.9 Å². The van der Waals surface area contributed by atoms with Crippen molar-refractivity contribution < 1.29 is 10.2 Å². The molecule has 0 aromatic heterocycles. The van der Waals surface area contributed by atoms with E-state index in [4.69, 9.17) is 6.42 Å². The number of aliphatic hydroxyl groups excluding tert-OH is 1. The fraction of sp³-hybridized carbons (Fsp3) is 0.238. The van der Waals surface area contributed by atoms with Crippen molar-refractivity contribution in [3.05, 3.63) is 84.2 Å². The van der Waals surface area contributed by atoms with Crippen molar-refractivity contribution in [2.24, 2.45) is 0 Å². The summed E-state index contributed by atoms with van der Waals surface area (Å²) in [6.45, 7) is 0.682. The van der Waals surface area contributed by atoms with Gasteiger partial charge in [-0.2, -0.15) is 0 Å². The van der Waals surface area contributed by atoms with Crippen molar-refractivity contribution in [2.45, 2.75) is 24.9 Å². The number of hydrogen-bond donors (Lipinski definition) is 2. The zero-order chi connectivity index (χ0) is 17.7. The Morgan fingerprint density at radius 1 is 0.880 bits per heavy atom. The summed E-state index contributed by atoms with van der Waals surface area (Å²) in [7, 11) is 0. The second-order valence-corrected chi connectivity index (χ2v) is 6.21. The van der Waals surface area contributed by atoms with Gasteiger partial charge in [-0.3, -0.25) is 0 Å². The van der Waals surface area contributed by atoms with Gasteiger partial charge >= 0.3 is 0 Å². The van der Waals surface area contributed by atoms with Gasteiger partial charge in [0.05, 0.1) is 6.61 Å². The van der Waals surface area contributed by atoms with Crippen LogP contribution in [0.15, 0.2) is 73.1 Å². The molecule has 128 valence electrons. The molecule has 1 heterocycles. The number of benzene rings is 2. The summed E-state index contributed by atoms with van der Waals surface area (Å²) in [5.74, 6) is 2.38. The fourth-order valence-electron chi connectivity index (χ4n) is 3.14. The fourth-order valence-corrected chi connectivity index (χ4v) is 3.14. The van der Waals surface area contributed by atoms with Gasteiger partial charge in [-0.05, 0) is 11.1 Å². The number of rotatable bonds is 6. The van der Waals surface area contributed by atoms with Gasteiger partial charge < -0.3 is 20.0 Å². The molecule has 0 amide bonds. The van der Waals surface area contributed by atoms with E-state index in [0.29, 0.717) is 13.1 Å². The summed E-state index contributed by atoms with van der Waals surface area (Å²) in [6.07, 6.45) is 8.86. The van der Waals surface area contributed by atoms with Crippen LogP contribution in [0.3, 0.4) is 0 Å². The maximum Gasteiger partial charge on any atom is 0.187 e. The SMILES string of the molecule is C#C[C@@](O)(CO)C1N(Cc2ccccc2)C=CN1Cc1ccccc1. The highest BCUT2D eigenvalue weighted by atomic mass is 16.3. The summed E-state index contributed by atoms with van der Waals surface area (Å²) in [4.78, 5) is 3.93. The largest absolute Gasteiger partial charge is 0.392 e. The molecule has 2 aromatic carbocycles. The van der Waals surface area contributed by atoms with Crippen LogP contribution in [0.4, 0.5) is 0 Å². The van der Waals surface area contributed by atoms with Gasteiger partial charge in [0.1, 0.15) is 6.17 Å². The van der Waals surface area contributed by atoms with E-state index in [-0.39, 0.29) is 0 Å². The lowest BCUT2D eigenvalue weighted by molar-refractivity contribution is -0.0717. The number of aliphatic hydroxyl groups is 2. The van der Waals surface area contributed by atoms with E-state index in [1.807, 2.05) is 82.9 Å². The standard InChI is InChI=1S/C21H22N2O2/c1-2-21(25,17-24)20-22(15-18-9-5-3-6-10-18)13-14-23(20)16-19-11-7-4-8-12-19/h1,3-14,20,24-25H,15-17H2/t21-/m1/s1. The molecule has 0 radical (unpaired) electrons. The highest BCUT2D eigenvalue weighted by molar-refractivity contribution is 5.23. The third-order valence-electron chi connectivity index (χ3n) is 4.41.